The molecule has 0 aliphatic carbocycles. The summed E-state index contributed by atoms with van der Waals surface area (Å²) in [6.45, 7) is 5.54. The lowest BCUT2D eigenvalue weighted by Gasteiger charge is -2.33. The molecule has 0 spiro atoms. The van der Waals surface area contributed by atoms with Crippen LogP contribution in [-0.2, 0) is 9.84 Å². The number of aliphatic hydroxyl groups excluding tert-OH is 1. The van der Waals surface area contributed by atoms with Gasteiger partial charge in [-0.05, 0) is 30.2 Å². The number of aliphatic hydroxyl groups is 1. The van der Waals surface area contributed by atoms with E-state index in [-0.39, 0.29) is 17.5 Å². The van der Waals surface area contributed by atoms with Crippen LogP contribution in [0.15, 0.2) is 17.5 Å². The van der Waals surface area contributed by atoms with Crippen molar-refractivity contribution < 1.29 is 23.7 Å². The highest BCUT2D eigenvalue weighted by Gasteiger charge is 2.40. The summed E-state index contributed by atoms with van der Waals surface area (Å²) in [7, 11) is -3.06. The molecule has 2 aliphatic rings. The molecule has 0 aromatic carbocycles. The van der Waals surface area contributed by atoms with Gasteiger partial charge in [0, 0.05) is 0 Å². The zero-order valence-electron chi connectivity index (χ0n) is 13.6. The molecule has 0 saturated carbocycles. The molecule has 3 atom stereocenters. The molecule has 0 radical (unpaired) electrons. The van der Waals surface area contributed by atoms with Gasteiger partial charge in [-0.2, -0.15) is 0 Å². The molecule has 130 valence electrons. The number of quaternary nitrogens is 2. The van der Waals surface area contributed by atoms with Gasteiger partial charge in [0.1, 0.15) is 24.4 Å². The largest absolute Gasteiger partial charge is 0.386 e. The number of piperidine rings is 1. The minimum absolute atomic E-state index is 0.0775. The van der Waals surface area contributed by atoms with Crippen LogP contribution in [-0.4, -0.2) is 56.8 Å². The zero-order chi connectivity index (χ0) is 16.4. The summed E-state index contributed by atoms with van der Waals surface area (Å²) in [5.41, 5.74) is 0. The monoisotopic (exact) mass is 360 g/mol. The smallest absolute Gasteiger partial charge is 0.172 e. The van der Waals surface area contributed by atoms with E-state index < -0.39 is 15.9 Å². The number of nitrogens with two attached hydrogens (primary N) is 1. The van der Waals surface area contributed by atoms with Crippen molar-refractivity contribution in [2.45, 2.75) is 38.0 Å². The first-order chi connectivity index (χ1) is 10.9. The fourth-order valence-electron chi connectivity index (χ4n) is 3.85. The van der Waals surface area contributed by atoms with Gasteiger partial charge in [-0.15, -0.1) is 11.3 Å². The zero-order valence-corrected chi connectivity index (χ0v) is 15.3. The van der Waals surface area contributed by atoms with Crippen molar-refractivity contribution in [1.82, 2.24) is 0 Å². The standard InChI is InChI=1S/C16H26N2O3S2/c1-12-4-6-18(7-5-12)14(16-3-2-8-22-16)9-17-13-10-23(20,21)11-15(13)19/h2-3,8,12-15,17,19H,4-7,9-11H2,1H3/p+2/t13-,14-,15-/m0/s1. The van der Waals surface area contributed by atoms with Crippen LogP contribution in [0.3, 0.4) is 0 Å². The number of thiophene rings is 1. The maximum Gasteiger partial charge on any atom is 0.172 e. The molecule has 1 aromatic heterocycles. The minimum atomic E-state index is -3.06. The van der Waals surface area contributed by atoms with Crippen molar-refractivity contribution in [2.75, 3.05) is 31.1 Å². The topological polar surface area (TPSA) is 75.4 Å². The Bertz CT molecular complexity index is 595. The first-order valence-electron chi connectivity index (χ1n) is 8.54. The Kier molecular flexibility index (Phi) is 5.42. The summed E-state index contributed by atoms with van der Waals surface area (Å²) < 4.78 is 23.4. The van der Waals surface area contributed by atoms with E-state index in [1.165, 1.54) is 30.8 Å². The molecule has 3 rings (SSSR count). The van der Waals surface area contributed by atoms with Crippen LogP contribution in [0, 0.1) is 5.92 Å². The van der Waals surface area contributed by atoms with Crippen LogP contribution in [0.5, 0.6) is 0 Å². The van der Waals surface area contributed by atoms with Crippen LogP contribution in [0.25, 0.3) is 0 Å². The van der Waals surface area contributed by atoms with E-state index in [9.17, 15) is 13.5 Å². The van der Waals surface area contributed by atoms with Crippen molar-refractivity contribution in [3.63, 3.8) is 0 Å². The summed E-state index contributed by atoms with van der Waals surface area (Å²) in [6, 6.07) is 4.48. The van der Waals surface area contributed by atoms with Crippen LogP contribution in [0.4, 0.5) is 0 Å². The lowest BCUT2D eigenvalue weighted by atomic mass is 9.97. The van der Waals surface area contributed by atoms with E-state index >= 15 is 0 Å². The molecule has 4 N–H and O–H groups in total. The summed E-state index contributed by atoms with van der Waals surface area (Å²) in [6.07, 6.45) is 1.80. The van der Waals surface area contributed by atoms with E-state index in [4.69, 9.17) is 0 Å². The van der Waals surface area contributed by atoms with Crippen molar-refractivity contribution >= 4 is 21.2 Å². The predicted octanol–water partition coefficient (Wildman–Crippen LogP) is -1.17. The van der Waals surface area contributed by atoms with Gasteiger partial charge < -0.3 is 15.3 Å². The Morgan fingerprint density at radius 2 is 2.13 bits per heavy atom. The Morgan fingerprint density at radius 3 is 2.70 bits per heavy atom. The molecule has 5 nitrogen and oxygen atoms in total. The van der Waals surface area contributed by atoms with Crippen LogP contribution < -0.4 is 10.2 Å². The van der Waals surface area contributed by atoms with E-state index in [0.717, 1.165) is 12.5 Å². The number of hydrogen-bond donors (Lipinski definition) is 3. The van der Waals surface area contributed by atoms with Crippen molar-refractivity contribution in [3.05, 3.63) is 22.4 Å². The quantitative estimate of drug-likeness (QED) is 0.619. The number of sulfone groups is 1. The molecule has 1 aromatic rings. The van der Waals surface area contributed by atoms with E-state index in [2.05, 4.69) is 29.8 Å². The highest BCUT2D eigenvalue weighted by molar-refractivity contribution is 7.91. The average Bonchev–Trinajstić information content (AvgIpc) is 3.09. The number of likely N-dealkylation sites (tertiary alicyclic amines) is 1. The van der Waals surface area contributed by atoms with Crippen molar-refractivity contribution in [2.24, 2.45) is 5.92 Å². The summed E-state index contributed by atoms with van der Waals surface area (Å²) in [4.78, 5) is 2.98. The Balaban J connectivity index is 1.65. The minimum Gasteiger partial charge on any atom is -0.386 e. The molecule has 0 amide bonds. The van der Waals surface area contributed by atoms with Gasteiger partial charge in [0.2, 0.25) is 0 Å². The molecule has 0 unspecified atom stereocenters. The van der Waals surface area contributed by atoms with Gasteiger partial charge in [0.15, 0.2) is 15.9 Å². The Hall–Kier alpha value is -0.470. The van der Waals surface area contributed by atoms with Gasteiger partial charge in [0.25, 0.3) is 0 Å². The number of hydrogen-bond acceptors (Lipinski definition) is 4. The normalized spacial score (nSPS) is 35.2. The number of nitrogens with one attached hydrogen (secondary N) is 1. The van der Waals surface area contributed by atoms with Crippen LogP contribution >= 0.6 is 11.3 Å². The van der Waals surface area contributed by atoms with Crippen LogP contribution in [0.2, 0.25) is 0 Å². The summed E-state index contributed by atoms with van der Waals surface area (Å²) >= 11 is 1.79. The van der Waals surface area contributed by atoms with E-state index in [0.29, 0.717) is 6.04 Å². The first kappa shape index (κ1) is 17.4. The highest BCUT2D eigenvalue weighted by Crippen LogP contribution is 2.18. The second kappa shape index (κ2) is 7.19. The third-order valence-electron chi connectivity index (χ3n) is 5.34. The Morgan fingerprint density at radius 1 is 1.39 bits per heavy atom. The molecular weight excluding hydrogens is 332 g/mol. The molecule has 2 saturated heterocycles. The molecule has 2 aliphatic heterocycles. The highest BCUT2D eigenvalue weighted by atomic mass is 32.2. The van der Waals surface area contributed by atoms with Gasteiger partial charge in [0.05, 0.1) is 23.7 Å². The van der Waals surface area contributed by atoms with Gasteiger partial charge in [-0.25, -0.2) is 8.42 Å². The molecule has 23 heavy (non-hydrogen) atoms. The lowest BCUT2D eigenvalue weighted by molar-refractivity contribution is -0.951. The van der Waals surface area contributed by atoms with Crippen molar-refractivity contribution in [1.29, 1.82) is 0 Å². The van der Waals surface area contributed by atoms with Gasteiger partial charge in [-0.1, -0.05) is 13.0 Å². The summed E-state index contributed by atoms with van der Waals surface area (Å²) in [5, 5.41) is 14.2. The second-order valence-electron chi connectivity index (χ2n) is 7.19. The first-order valence-corrected chi connectivity index (χ1v) is 11.2. The van der Waals surface area contributed by atoms with Crippen molar-refractivity contribution in [3.8, 4) is 0 Å². The maximum atomic E-state index is 11.7. The second-order valence-corrected chi connectivity index (χ2v) is 10.3. The van der Waals surface area contributed by atoms with E-state index in [1.807, 2.05) is 0 Å². The predicted molar refractivity (Wildman–Crippen MR) is 91.4 cm³/mol. The molecule has 7 heteroatoms. The molecule has 2 fully saturated rings. The maximum absolute atomic E-state index is 11.7. The fourth-order valence-corrected chi connectivity index (χ4v) is 6.59. The Labute approximate surface area is 142 Å². The fraction of sp³-hybridized carbons (Fsp3) is 0.750. The third kappa shape index (κ3) is 4.33. The van der Waals surface area contributed by atoms with Gasteiger partial charge in [-0.3, -0.25) is 0 Å². The van der Waals surface area contributed by atoms with E-state index in [1.54, 1.807) is 16.2 Å². The van der Waals surface area contributed by atoms with Gasteiger partial charge >= 0.3 is 0 Å². The molecule has 3 heterocycles. The SMILES string of the molecule is CC1CC[NH+]([C@@H](C[NH2+][C@H]2CS(=O)(=O)C[C@@H]2O)c2cccs2)CC1. The molecule has 0 bridgehead atoms. The van der Waals surface area contributed by atoms with Crippen LogP contribution in [0.1, 0.15) is 30.7 Å². The average molecular weight is 361 g/mol. The number of rotatable bonds is 5. The summed E-state index contributed by atoms with van der Waals surface area (Å²) in [5.74, 6) is 0.845. The molecular formula is C16H28N2O3S2+2. The lowest BCUT2D eigenvalue weighted by Crippen LogP contribution is -3.16. The third-order valence-corrected chi connectivity index (χ3v) is 8.06.